The molecule has 0 aliphatic carbocycles. The molecule has 26 valence electrons. The van der Waals surface area contributed by atoms with E-state index in [9.17, 15) is 0 Å². The van der Waals surface area contributed by atoms with E-state index in [1.165, 1.54) is 0 Å². The third-order valence-electron chi connectivity index (χ3n) is 0. The van der Waals surface area contributed by atoms with Crippen molar-refractivity contribution in [3.05, 3.63) is 0 Å². The molecule has 2 nitrogen and oxygen atoms in total. The van der Waals surface area contributed by atoms with E-state index in [1.807, 2.05) is 0 Å². The van der Waals surface area contributed by atoms with Gasteiger partial charge in [-0.25, -0.2) is 0 Å². The summed E-state index contributed by atoms with van der Waals surface area (Å²) in [4.78, 5) is 0. The van der Waals surface area contributed by atoms with Crippen LogP contribution in [0.15, 0.2) is 0 Å². The molecule has 0 atom stereocenters. The zero-order valence-corrected chi connectivity index (χ0v) is 7.77. The van der Waals surface area contributed by atoms with E-state index in [1.54, 1.807) is 0 Å². The molecule has 0 bridgehead atoms. The minimum absolute atomic E-state index is 0.0918. The summed E-state index contributed by atoms with van der Waals surface area (Å²) in [6.07, 6.45) is 0. The van der Waals surface area contributed by atoms with Gasteiger partial charge in [0.15, 0.2) is 0 Å². The Morgan fingerprint density at radius 2 is 1.25 bits per heavy atom. The molecule has 4 heteroatoms. The van der Waals surface area contributed by atoms with E-state index in [4.69, 9.17) is 2.54 Å². The molecule has 0 aliphatic heterocycles. The van der Waals surface area contributed by atoms with Crippen LogP contribution in [0.25, 0.3) is 0 Å². The Bertz CT molecular complexity index is 8.00. The molecule has 0 saturated carbocycles. The van der Waals surface area contributed by atoms with E-state index in [0.29, 0.717) is 0 Å². The summed E-state index contributed by atoms with van der Waals surface area (Å²) < 4.78 is 16.6. The van der Waals surface area contributed by atoms with Crippen molar-refractivity contribution in [1.29, 1.82) is 0 Å². The predicted octanol–water partition coefficient (Wildman–Crippen LogP) is -0.238. The third-order valence-corrected chi connectivity index (χ3v) is 0. The van der Waals surface area contributed by atoms with Crippen molar-refractivity contribution in [2.45, 2.75) is 0 Å². The van der Waals surface area contributed by atoms with Gasteiger partial charge in [-0.2, -0.15) is 0 Å². The van der Waals surface area contributed by atoms with Gasteiger partial charge in [-0.3, -0.25) is 0 Å². The summed E-state index contributed by atoms with van der Waals surface area (Å²) in [5, 5.41) is 0. The zero-order chi connectivity index (χ0) is 4.00. The summed E-state index contributed by atoms with van der Waals surface area (Å²) >= 11 is 0.797. The topological polar surface area (TPSA) is 34.1 Å². The van der Waals surface area contributed by atoms with Gasteiger partial charge in [-0.05, 0) is 0 Å². The molecule has 0 fully saturated rings. The van der Waals surface area contributed by atoms with Crippen LogP contribution in [0.5, 0.6) is 0 Å². The van der Waals surface area contributed by atoms with Crippen molar-refractivity contribution in [3.63, 3.8) is 0 Å². The van der Waals surface area contributed by atoms with E-state index in [2.05, 4.69) is 0 Å². The van der Waals surface area contributed by atoms with E-state index in [-0.39, 0.29) is 38.0 Å². The standard InChI is InChI=1S/Dy.2O.Th. The average Bonchev–Trinajstić information content (AvgIpc) is 1.50. The number of hydrogen-bond acceptors (Lipinski definition) is 2. The Hall–Kier alpha value is 2.20. The normalized spacial score (nSPS) is 3.00. The van der Waals surface area contributed by atoms with Crippen molar-refractivity contribution < 1.29 is 76.9 Å². The van der Waals surface area contributed by atoms with Crippen LogP contribution in [-0.4, -0.2) is 0 Å². The summed E-state index contributed by atoms with van der Waals surface area (Å²) in [7, 11) is 0. The Morgan fingerprint density at radius 3 is 1.25 bits per heavy atom. The van der Waals surface area contributed by atoms with E-state index in [0.717, 1.165) is 36.3 Å². The molecule has 0 aliphatic rings. The molecule has 0 aromatic rings. The molecule has 0 saturated heterocycles. The minimum atomic E-state index is -0.0918. The van der Waals surface area contributed by atoms with Gasteiger partial charge in [0, 0.05) is 0 Å². The summed E-state index contributed by atoms with van der Waals surface area (Å²) in [5.41, 5.74) is 0. The zero-order valence-electron chi connectivity index (χ0n) is 1.63. The Labute approximate surface area is 74.8 Å². The predicted molar refractivity (Wildman–Crippen MR) is 1.37 cm³/mol. The van der Waals surface area contributed by atoms with Crippen molar-refractivity contribution >= 4 is 0 Å². The second-order valence-corrected chi connectivity index (χ2v) is 0. The fourth-order valence-electron chi connectivity index (χ4n) is 0. The molecular formula is DyO2Th. The Balaban J connectivity index is 0. The SMILES string of the molecule is [O]=[Dy].[O]=[Th]. The molecule has 0 amide bonds. The van der Waals surface area contributed by atoms with Crippen molar-refractivity contribution in [1.82, 2.24) is 0 Å². The van der Waals surface area contributed by atoms with E-state index >= 15 is 0 Å². The first kappa shape index (κ1) is 9.50. The van der Waals surface area contributed by atoms with Crippen LogP contribution in [0.3, 0.4) is 0 Å². The molecule has 0 spiro atoms. The average molecular weight is 427 g/mol. The summed E-state index contributed by atoms with van der Waals surface area (Å²) in [6, 6.07) is 0. The van der Waals surface area contributed by atoms with Crippen molar-refractivity contribution in [2.75, 3.05) is 0 Å². The molecule has 0 aromatic carbocycles. The molecule has 0 heterocycles. The summed E-state index contributed by atoms with van der Waals surface area (Å²) in [6.45, 7) is 0. The van der Waals surface area contributed by atoms with Crippen molar-refractivity contribution in [3.8, 4) is 0 Å². The first-order valence-corrected chi connectivity index (χ1v) is 2.84. The van der Waals surface area contributed by atoms with Gasteiger partial charge in [-0.15, -0.1) is 0 Å². The van der Waals surface area contributed by atoms with Gasteiger partial charge in [0.05, 0.1) is 0 Å². The monoisotopic (exact) mass is 428 g/mol. The van der Waals surface area contributed by atoms with Crippen LogP contribution in [0.1, 0.15) is 0 Å². The first-order valence-electron chi connectivity index (χ1n) is 0.333. The van der Waals surface area contributed by atoms with Gasteiger partial charge >= 0.3 is 76.9 Å². The third kappa shape index (κ3) is 8.89. The van der Waals surface area contributed by atoms with Gasteiger partial charge < -0.3 is 0 Å². The van der Waals surface area contributed by atoms with Crippen LogP contribution in [0.2, 0.25) is 0 Å². The van der Waals surface area contributed by atoms with Gasteiger partial charge in [0.2, 0.25) is 0 Å². The van der Waals surface area contributed by atoms with Crippen LogP contribution in [-0.2, 0) is 2.54 Å². The molecule has 0 radical (unpaired) electrons. The molecule has 4 heavy (non-hydrogen) atoms. The molecule has 0 unspecified atom stereocenters. The Morgan fingerprint density at radius 1 is 1.25 bits per heavy atom. The Kier molecular flexibility index (Phi) is 45.0. The second kappa shape index (κ2) is 19.0. The second-order valence-electron chi connectivity index (χ2n) is 0. The fraction of sp³-hybridized carbons (Fsp3) is 0. The number of rotatable bonds is 0. The fourth-order valence-corrected chi connectivity index (χ4v) is 0. The van der Waals surface area contributed by atoms with Gasteiger partial charge in [0.25, 0.3) is 0 Å². The van der Waals surface area contributed by atoms with Gasteiger partial charge in [-0.1, -0.05) is 0 Å². The van der Waals surface area contributed by atoms with Crippen LogP contribution in [0, 0.1) is 74.3 Å². The molecule has 0 N–H and O–H groups in total. The van der Waals surface area contributed by atoms with Crippen molar-refractivity contribution in [2.24, 2.45) is 0 Å². The maximum atomic E-state index is 8.42. The summed E-state index contributed by atoms with van der Waals surface area (Å²) in [5.74, 6) is 0. The first-order chi connectivity index (χ1) is 2.00. The van der Waals surface area contributed by atoms with Crippen LogP contribution >= 0.6 is 0 Å². The van der Waals surface area contributed by atoms with Crippen LogP contribution in [0.4, 0.5) is 0 Å². The number of hydrogen-bond donors (Lipinski definition) is 0. The maximum absolute atomic E-state index is 8.42. The van der Waals surface area contributed by atoms with Crippen LogP contribution < -0.4 is 0 Å². The quantitative estimate of drug-likeness (QED) is 0.536. The molecule has 0 rings (SSSR count). The molecule has 0 aromatic heterocycles. The van der Waals surface area contributed by atoms with E-state index < -0.39 is 0 Å². The molecular weight excluding hydrogens is 427 g/mol. The van der Waals surface area contributed by atoms with Gasteiger partial charge in [0.1, 0.15) is 0 Å².